The molecule has 6 nitrogen and oxygen atoms in total. The SMILES string of the molecule is COc1ccc(N(CCC(=O)NCCc2cccs2)S(=O)(=O)c2cccc(Cl)c2)cc1. The van der Waals surface area contributed by atoms with Gasteiger partial charge in [-0.3, -0.25) is 9.10 Å². The number of benzene rings is 2. The van der Waals surface area contributed by atoms with Crippen LogP contribution in [0.1, 0.15) is 11.3 Å². The van der Waals surface area contributed by atoms with Crippen molar-refractivity contribution >= 4 is 44.6 Å². The molecule has 9 heteroatoms. The van der Waals surface area contributed by atoms with Crippen molar-refractivity contribution in [2.24, 2.45) is 0 Å². The van der Waals surface area contributed by atoms with Crippen LogP contribution in [0.2, 0.25) is 5.02 Å². The highest BCUT2D eigenvalue weighted by Gasteiger charge is 2.26. The third kappa shape index (κ3) is 6.22. The van der Waals surface area contributed by atoms with E-state index in [1.807, 2.05) is 17.5 Å². The monoisotopic (exact) mass is 478 g/mol. The molecular weight excluding hydrogens is 456 g/mol. The summed E-state index contributed by atoms with van der Waals surface area (Å²) in [6.45, 7) is 0.495. The van der Waals surface area contributed by atoms with E-state index >= 15 is 0 Å². The summed E-state index contributed by atoms with van der Waals surface area (Å²) >= 11 is 7.64. The minimum atomic E-state index is -3.92. The van der Waals surface area contributed by atoms with Crippen LogP contribution >= 0.6 is 22.9 Å². The molecule has 0 radical (unpaired) electrons. The number of methoxy groups -OCH3 is 1. The Labute approximate surface area is 191 Å². The number of ether oxygens (including phenoxy) is 1. The highest BCUT2D eigenvalue weighted by Crippen LogP contribution is 2.27. The summed E-state index contributed by atoms with van der Waals surface area (Å²) in [5.74, 6) is 0.395. The second-order valence-corrected chi connectivity index (χ2v) is 9.99. The topological polar surface area (TPSA) is 75.7 Å². The van der Waals surface area contributed by atoms with Gasteiger partial charge in [-0.15, -0.1) is 11.3 Å². The molecular formula is C22H23ClN2O4S2. The summed E-state index contributed by atoms with van der Waals surface area (Å²) in [6, 6.07) is 16.7. The number of hydrogen-bond donors (Lipinski definition) is 1. The maximum absolute atomic E-state index is 13.3. The summed E-state index contributed by atoms with van der Waals surface area (Å²) in [7, 11) is -2.38. The highest BCUT2D eigenvalue weighted by molar-refractivity contribution is 7.92. The van der Waals surface area contributed by atoms with Gasteiger partial charge in [0, 0.05) is 29.4 Å². The average Bonchev–Trinajstić information content (AvgIpc) is 3.28. The molecule has 0 fully saturated rings. The quantitative estimate of drug-likeness (QED) is 0.470. The van der Waals surface area contributed by atoms with Crippen LogP contribution in [0.3, 0.4) is 0 Å². The molecule has 0 atom stereocenters. The number of carbonyl (C=O) groups excluding carboxylic acids is 1. The number of nitrogens with zero attached hydrogens (tertiary/aromatic N) is 1. The highest BCUT2D eigenvalue weighted by atomic mass is 35.5. The lowest BCUT2D eigenvalue weighted by Gasteiger charge is -2.24. The fourth-order valence-corrected chi connectivity index (χ4v) is 5.44. The molecule has 31 heavy (non-hydrogen) atoms. The molecule has 0 bridgehead atoms. The summed E-state index contributed by atoms with van der Waals surface area (Å²) in [5.41, 5.74) is 0.437. The van der Waals surface area contributed by atoms with Crippen molar-refractivity contribution in [3.05, 3.63) is 75.9 Å². The molecule has 0 spiro atoms. The average molecular weight is 479 g/mol. The molecule has 0 aliphatic carbocycles. The van der Waals surface area contributed by atoms with Crippen LogP contribution in [0.25, 0.3) is 0 Å². The molecule has 3 aromatic rings. The fourth-order valence-electron chi connectivity index (χ4n) is 2.96. The number of carbonyl (C=O) groups is 1. The van der Waals surface area contributed by atoms with Gasteiger partial charge in [0.05, 0.1) is 17.7 Å². The number of halogens is 1. The van der Waals surface area contributed by atoms with Crippen molar-refractivity contribution in [3.63, 3.8) is 0 Å². The second kappa shape index (κ2) is 10.7. The number of sulfonamides is 1. The molecule has 0 aliphatic rings. The van der Waals surface area contributed by atoms with E-state index in [-0.39, 0.29) is 23.8 Å². The van der Waals surface area contributed by atoms with Crippen molar-refractivity contribution in [2.75, 3.05) is 24.5 Å². The minimum Gasteiger partial charge on any atom is -0.497 e. The maximum Gasteiger partial charge on any atom is 0.264 e. The Bertz CT molecular complexity index is 1100. The van der Waals surface area contributed by atoms with E-state index in [0.29, 0.717) is 23.0 Å². The molecule has 1 N–H and O–H groups in total. The Hall–Kier alpha value is -2.55. The second-order valence-electron chi connectivity index (χ2n) is 6.66. The summed E-state index contributed by atoms with van der Waals surface area (Å²) < 4.78 is 33.0. The van der Waals surface area contributed by atoms with Gasteiger partial charge in [-0.05, 0) is 60.3 Å². The van der Waals surface area contributed by atoms with Crippen molar-refractivity contribution in [1.29, 1.82) is 0 Å². The smallest absolute Gasteiger partial charge is 0.264 e. The lowest BCUT2D eigenvalue weighted by atomic mass is 10.3. The van der Waals surface area contributed by atoms with Crippen molar-refractivity contribution in [3.8, 4) is 5.75 Å². The van der Waals surface area contributed by atoms with Crippen molar-refractivity contribution < 1.29 is 17.9 Å². The Morgan fingerprint density at radius 3 is 2.55 bits per heavy atom. The zero-order valence-electron chi connectivity index (χ0n) is 17.0. The van der Waals surface area contributed by atoms with Gasteiger partial charge in [-0.1, -0.05) is 23.7 Å². The molecule has 1 heterocycles. The third-order valence-corrected chi connectivity index (χ3v) is 7.55. The predicted molar refractivity (Wildman–Crippen MR) is 125 cm³/mol. The largest absolute Gasteiger partial charge is 0.497 e. The lowest BCUT2D eigenvalue weighted by Crippen LogP contribution is -2.35. The normalized spacial score (nSPS) is 11.2. The Balaban J connectivity index is 1.74. The molecule has 164 valence electrons. The van der Waals surface area contributed by atoms with Gasteiger partial charge >= 0.3 is 0 Å². The first-order valence-electron chi connectivity index (χ1n) is 9.61. The van der Waals surface area contributed by atoms with E-state index in [4.69, 9.17) is 16.3 Å². The number of thiophene rings is 1. The first-order chi connectivity index (χ1) is 14.9. The molecule has 3 rings (SSSR count). The third-order valence-electron chi connectivity index (χ3n) is 4.56. The van der Waals surface area contributed by atoms with Crippen molar-refractivity contribution in [1.82, 2.24) is 5.32 Å². The Kier molecular flexibility index (Phi) is 7.95. The van der Waals surface area contributed by atoms with E-state index in [1.54, 1.807) is 47.7 Å². The molecule has 2 aromatic carbocycles. The number of hydrogen-bond acceptors (Lipinski definition) is 5. The van der Waals surface area contributed by atoms with Crippen LogP contribution in [0, 0.1) is 0 Å². The minimum absolute atomic E-state index is 0.00793. The molecule has 0 aliphatic heterocycles. The maximum atomic E-state index is 13.3. The number of amides is 1. The van der Waals surface area contributed by atoms with Crippen LogP contribution in [0.4, 0.5) is 5.69 Å². The van der Waals surface area contributed by atoms with Crippen LogP contribution in [0.5, 0.6) is 5.75 Å². The van der Waals surface area contributed by atoms with Gasteiger partial charge in [-0.2, -0.15) is 0 Å². The molecule has 0 saturated heterocycles. The van der Waals surface area contributed by atoms with Crippen LogP contribution < -0.4 is 14.4 Å². The van der Waals surface area contributed by atoms with Gasteiger partial charge < -0.3 is 10.1 Å². The Morgan fingerprint density at radius 1 is 1.13 bits per heavy atom. The Morgan fingerprint density at radius 2 is 1.90 bits per heavy atom. The van der Waals surface area contributed by atoms with E-state index in [9.17, 15) is 13.2 Å². The van der Waals surface area contributed by atoms with E-state index in [2.05, 4.69) is 5.32 Å². The lowest BCUT2D eigenvalue weighted by molar-refractivity contribution is -0.120. The van der Waals surface area contributed by atoms with Gasteiger partial charge in [0.15, 0.2) is 0 Å². The van der Waals surface area contributed by atoms with Gasteiger partial charge in [-0.25, -0.2) is 8.42 Å². The van der Waals surface area contributed by atoms with Crippen LogP contribution in [-0.4, -0.2) is 34.5 Å². The molecule has 0 unspecified atom stereocenters. The zero-order chi connectivity index (χ0) is 22.3. The van der Waals surface area contributed by atoms with Crippen LogP contribution in [-0.2, 0) is 21.2 Å². The standard InChI is InChI=1S/C22H23ClN2O4S2/c1-29-19-9-7-18(8-10-19)25(31(27,28)21-6-2-4-17(23)16-21)14-12-22(26)24-13-11-20-5-3-15-30-20/h2-10,15-16H,11-14H2,1H3,(H,24,26). The number of anilines is 1. The predicted octanol–water partition coefficient (Wildman–Crippen LogP) is 4.35. The van der Waals surface area contributed by atoms with E-state index in [0.717, 1.165) is 6.42 Å². The number of nitrogens with one attached hydrogen (secondary N) is 1. The molecule has 1 aromatic heterocycles. The molecule has 1 amide bonds. The summed E-state index contributed by atoms with van der Waals surface area (Å²) in [6.07, 6.45) is 0.767. The van der Waals surface area contributed by atoms with E-state index in [1.165, 1.54) is 28.4 Å². The zero-order valence-corrected chi connectivity index (χ0v) is 19.3. The first-order valence-corrected chi connectivity index (χ1v) is 12.3. The van der Waals surface area contributed by atoms with Crippen molar-refractivity contribution in [2.45, 2.75) is 17.7 Å². The first kappa shape index (κ1) is 23.1. The number of rotatable bonds is 10. The van der Waals surface area contributed by atoms with Gasteiger partial charge in [0.2, 0.25) is 5.91 Å². The summed E-state index contributed by atoms with van der Waals surface area (Å²) in [5, 5.41) is 5.16. The van der Waals surface area contributed by atoms with Crippen LogP contribution in [0.15, 0.2) is 70.9 Å². The van der Waals surface area contributed by atoms with Gasteiger partial charge in [0.1, 0.15) is 5.75 Å². The molecule has 0 saturated carbocycles. The summed E-state index contributed by atoms with van der Waals surface area (Å²) in [4.78, 5) is 13.6. The van der Waals surface area contributed by atoms with Gasteiger partial charge in [0.25, 0.3) is 10.0 Å². The van der Waals surface area contributed by atoms with E-state index < -0.39 is 10.0 Å². The fraction of sp³-hybridized carbons (Fsp3) is 0.227.